The van der Waals surface area contributed by atoms with E-state index in [4.69, 9.17) is 4.98 Å². The van der Waals surface area contributed by atoms with E-state index in [9.17, 15) is 5.26 Å². The highest BCUT2D eigenvalue weighted by Gasteiger charge is 2.31. The Balaban J connectivity index is 1.40. The third-order valence-corrected chi connectivity index (χ3v) is 9.32. The largest absolute Gasteiger partial charge is 0.338 e. The zero-order valence-corrected chi connectivity index (χ0v) is 25.3. The van der Waals surface area contributed by atoms with Gasteiger partial charge in [-0.05, 0) is 75.5 Å². The van der Waals surface area contributed by atoms with Gasteiger partial charge in [0.15, 0.2) is 0 Å². The second-order valence-electron chi connectivity index (χ2n) is 11.7. The number of rotatable bonds is 4. The molecular weight excluding hydrogens is 560 g/mol. The highest BCUT2D eigenvalue weighted by Crippen LogP contribution is 2.52. The van der Waals surface area contributed by atoms with E-state index in [0.717, 1.165) is 45.9 Å². The van der Waals surface area contributed by atoms with Gasteiger partial charge in [-0.2, -0.15) is 5.26 Å². The van der Waals surface area contributed by atoms with Crippen molar-refractivity contribution in [1.29, 1.82) is 5.26 Å². The SMILES string of the molecule is CCN1c2c(-c3c4ccccc4c(-c4ccc(C#N)cc4)c4ccccc34)cccc2-n2c(-c3ccccc3)nc3cccc1c32. The summed E-state index contributed by atoms with van der Waals surface area (Å²) in [5, 5.41) is 14.2. The fourth-order valence-electron chi connectivity index (χ4n) is 7.43. The first kappa shape index (κ1) is 26.2. The fraction of sp³-hybridized carbons (Fsp3) is 0.0476. The van der Waals surface area contributed by atoms with Gasteiger partial charge in [0.1, 0.15) is 5.82 Å². The van der Waals surface area contributed by atoms with Crippen molar-refractivity contribution in [2.24, 2.45) is 0 Å². The number of hydrogen-bond acceptors (Lipinski definition) is 3. The third kappa shape index (κ3) is 3.69. The molecule has 1 aliphatic heterocycles. The quantitative estimate of drug-likeness (QED) is 0.192. The van der Waals surface area contributed by atoms with Crippen LogP contribution in [-0.4, -0.2) is 16.1 Å². The van der Waals surface area contributed by atoms with Crippen LogP contribution in [0.3, 0.4) is 0 Å². The van der Waals surface area contributed by atoms with Crippen molar-refractivity contribution in [3.63, 3.8) is 0 Å². The molecule has 9 rings (SSSR count). The summed E-state index contributed by atoms with van der Waals surface area (Å²) in [6.45, 7) is 3.04. The maximum Gasteiger partial charge on any atom is 0.145 e. The minimum Gasteiger partial charge on any atom is -0.338 e. The van der Waals surface area contributed by atoms with Crippen LogP contribution in [0.5, 0.6) is 0 Å². The number of anilines is 2. The van der Waals surface area contributed by atoms with Gasteiger partial charge in [0.25, 0.3) is 0 Å². The van der Waals surface area contributed by atoms with E-state index in [0.29, 0.717) is 5.56 Å². The van der Waals surface area contributed by atoms with Crippen LogP contribution in [0.4, 0.5) is 11.4 Å². The zero-order valence-electron chi connectivity index (χ0n) is 25.3. The van der Waals surface area contributed by atoms with Crippen molar-refractivity contribution in [2.45, 2.75) is 6.92 Å². The van der Waals surface area contributed by atoms with Crippen molar-refractivity contribution in [3.8, 4) is 45.4 Å². The van der Waals surface area contributed by atoms with E-state index in [2.05, 4.69) is 150 Å². The van der Waals surface area contributed by atoms with E-state index in [1.807, 2.05) is 12.1 Å². The maximum absolute atomic E-state index is 9.46. The lowest BCUT2D eigenvalue weighted by molar-refractivity contribution is 0.975. The summed E-state index contributed by atoms with van der Waals surface area (Å²) in [5.74, 6) is 0.947. The van der Waals surface area contributed by atoms with Crippen LogP contribution in [0.25, 0.3) is 71.9 Å². The van der Waals surface area contributed by atoms with Gasteiger partial charge in [0, 0.05) is 17.7 Å². The third-order valence-electron chi connectivity index (χ3n) is 9.32. The smallest absolute Gasteiger partial charge is 0.145 e. The standard InChI is InChI=1S/C42H28N4/c1-2-45-36-20-11-19-35-41(36)46(42(44-35)29-12-4-3-5-13-29)37-21-10-18-34(40(37)45)39-32-16-8-6-14-30(32)38(31-15-7-9-17-33(31)39)28-24-22-27(26-43)23-25-28/h3-25H,2H2,1H3. The first-order chi connectivity index (χ1) is 22.8. The zero-order chi connectivity index (χ0) is 30.8. The van der Waals surface area contributed by atoms with Crippen LogP contribution < -0.4 is 4.90 Å². The minimum absolute atomic E-state index is 0.660. The highest BCUT2D eigenvalue weighted by molar-refractivity contribution is 6.23. The van der Waals surface area contributed by atoms with Crippen LogP contribution in [0.15, 0.2) is 140 Å². The number of aromatic nitrogens is 2. The van der Waals surface area contributed by atoms with Gasteiger partial charge in [-0.25, -0.2) is 4.98 Å². The van der Waals surface area contributed by atoms with Gasteiger partial charge in [-0.15, -0.1) is 0 Å². The molecule has 2 heterocycles. The van der Waals surface area contributed by atoms with Crippen molar-refractivity contribution in [1.82, 2.24) is 9.55 Å². The molecule has 0 N–H and O–H groups in total. The molecule has 1 aliphatic rings. The lowest BCUT2D eigenvalue weighted by atomic mass is 9.85. The molecule has 0 saturated heterocycles. The second-order valence-corrected chi connectivity index (χ2v) is 11.7. The van der Waals surface area contributed by atoms with E-state index in [-0.39, 0.29) is 0 Å². The first-order valence-corrected chi connectivity index (χ1v) is 15.7. The maximum atomic E-state index is 9.46. The predicted molar refractivity (Wildman–Crippen MR) is 190 cm³/mol. The molecule has 7 aromatic carbocycles. The Morgan fingerprint density at radius 2 is 1.20 bits per heavy atom. The van der Waals surface area contributed by atoms with Gasteiger partial charge in [-0.3, -0.25) is 4.57 Å². The summed E-state index contributed by atoms with van der Waals surface area (Å²) in [6.07, 6.45) is 0. The van der Waals surface area contributed by atoms with Crippen molar-refractivity contribution >= 4 is 44.0 Å². The van der Waals surface area contributed by atoms with E-state index >= 15 is 0 Å². The summed E-state index contributed by atoms with van der Waals surface area (Å²) in [7, 11) is 0. The second kappa shape index (κ2) is 10.2. The lowest BCUT2D eigenvalue weighted by Crippen LogP contribution is -2.23. The molecule has 46 heavy (non-hydrogen) atoms. The average Bonchev–Trinajstić information content (AvgIpc) is 3.52. The molecule has 4 heteroatoms. The van der Waals surface area contributed by atoms with Crippen LogP contribution >= 0.6 is 0 Å². The minimum atomic E-state index is 0.660. The van der Waals surface area contributed by atoms with Crippen LogP contribution in [0.1, 0.15) is 12.5 Å². The summed E-state index contributed by atoms with van der Waals surface area (Å²) in [4.78, 5) is 7.66. The molecule has 0 aliphatic carbocycles. The van der Waals surface area contributed by atoms with Crippen molar-refractivity contribution < 1.29 is 0 Å². The van der Waals surface area contributed by atoms with Crippen LogP contribution in [0, 0.1) is 11.3 Å². The Bertz CT molecular complexity index is 2460. The topological polar surface area (TPSA) is 44.9 Å². The first-order valence-electron chi connectivity index (χ1n) is 15.7. The van der Waals surface area contributed by atoms with Gasteiger partial charge in [0.05, 0.1) is 39.7 Å². The number of imidazole rings is 1. The van der Waals surface area contributed by atoms with E-state index < -0.39 is 0 Å². The summed E-state index contributed by atoms with van der Waals surface area (Å²) in [6, 6.07) is 51.4. The lowest BCUT2D eigenvalue weighted by Gasteiger charge is -2.34. The molecule has 0 fully saturated rings. The number of nitrogens with zero attached hydrogens (tertiary/aromatic N) is 4. The normalized spacial score (nSPS) is 12.0. The van der Waals surface area contributed by atoms with Gasteiger partial charge in [-0.1, -0.05) is 109 Å². The van der Waals surface area contributed by atoms with Gasteiger partial charge < -0.3 is 4.90 Å². The number of para-hydroxylation sites is 2. The van der Waals surface area contributed by atoms with Crippen LogP contribution in [-0.2, 0) is 0 Å². The van der Waals surface area contributed by atoms with Gasteiger partial charge in [0.2, 0.25) is 0 Å². The van der Waals surface area contributed by atoms with Crippen molar-refractivity contribution in [3.05, 3.63) is 145 Å². The monoisotopic (exact) mass is 588 g/mol. The predicted octanol–water partition coefficient (Wildman–Crippen LogP) is 10.7. The molecule has 1 aromatic heterocycles. The Morgan fingerprint density at radius 3 is 1.85 bits per heavy atom. The molecule has 0 saturated carbocycles. The molecule has 4 nitrogen and oxygen atoms in total. The summed E-state index contributed by atoms with van der Waals surface area (Å²) < 4.78 is 2.36. The number of nitriles is 1. The molecule has 0 spiro atoms. The molecule has 0 unspecified atom stereocenters. The molecule has 216 valence electrons. The van der Waals surface area contributed by atoms with E-state index in [1.54, 1.807) is 0 Å². The fourth-order valence-corrected chi connectivity index (χ4v) is 7.43. The molecule has 8 aromatic rings. The van der Waals surface area contributed by atoms with Crippen LogP contribution in [0.2, 0.25) is 0 Å². The Morgan fingerprint density at radius 1 is 0.587 bits per heavy atom. The number of benzene rings is 7. The van der Waals surface area contributed by atoms with E-state index in [1.165, 1.54) is 43.9 Å². The Kier molecular flexibility index (Phi) is 5.81. The summed E-state index contributed by atoms with van der Waals surface area (Å²) >= 11 is 0. The number of hydrogen-bond donors (Lipinski definition) is 0. The number of fused-ring (bicyclic) bond motifs is 4. The van der Waals surface area contributed by atoms with Gasteiger partial charge >= 0.3 is 0 Å². The molecule has 0 amide bonds. The molecular formula is C42H28N4. The highest BCUT2D eigenvalue weighted by atomic mass is 15.2. The average molecular weight is 589 g/mol. The molecule has 0 bridgehead atoms. The summed E-state index contributed by atoms with van der Waals surface area (Å²) in [5.41, 5.74) is 12.1. The van der Waals surface area contributed by atoms with Crippen molar-refractivity contribution in [2.75, 3.05) is 11.4 Å². The molecule has 0 radical (unpaired) electrons. The molecule has 0 atom stereocenters. The Hall–Kier alpha value is -6.18. The Labute approximate surface area is 267 Å².